The zero-order valence-corrected chi connectivity index (χ0v) is 14.4. The van der Waals surface area contributed by atoms with Crippen LogP contribution in [0.3, 0.4) is 0 Å². The first-order valence-electron chi connectivity index (χ1n) is 7.38. The molecular formula is C18H16N2O3S. The number of hydrogen-bond donors (Lipinski definition) is 1. The molecule has 0 aliphatic carbocycles. The van der Waals surface area contributed by atoms with Gasteiger partial charge in [0, 0.05) is 36.6 Å². The third-order valence-corrected chi connectivity index (χ3v) is 5.04. The van der Waals surface area contributed by atoms with Crippen molar-refractivity contribution < 1.29 is 9.59 Å². The highest BCUT2D eigenvalue weighted by Gasteiger charge is 2.22. The highest BCUT2D eigenvalue weighted by Crippen LogP contribution is 2.30. The van der Waals surface area contributed by atoms with Crippen molar-refractivity contribution in [3.63, 3.8) is 0 Å². The lowest BCUT2D eigenvalue weighted by Crippen LogP contribution is -2.27. The Kier molecular flexibility index (Phi) is 4.07. The maximum atomic E-state index is 12.7. The Morgan fingerprint density at radius 2 is 1.75 bits per heavy atom. The number of amides is 2. The monoisotopic (exact) mass is 340 g/mol. The van der Waals surface area contributed by atoms with Crippen LogP contribution < -0.4 is 10.7 Å². The third kappa shape index (κ3) is 2.45. The first-order valence-corrected chi connectivity index (χ1v) is 8.19. The lowest BCUT2D eigenvalue weighted by atomic mass is 10.0. The average Bonchev–Trinajstić information content (AvgIpc) is 2.59. The Morgan fingerprint density at radius 3 is 2.42 bits per heavy atom. The highest BCUT2D eigenvalue weighted by molar-refractivity contribution is 7.25. The van der Waals surface area contributed by atoms with Crippen LogP contribution in [0, 0.1) is 0 Å². The molecule has 5 nitrogen and oxygen atoms in total. The summed E-state index contributed by atoms with van der Waals surface area (Å²) in [6.07, 6.45) is 0. The van der Waals surface area contributed by atoms with E-state index in [1.807, 2.05) is 18.2 Å². The number of nitrogens with zero attached hydrogens (tertiary/aromatic N) is 1. The lowest BCUT2D eigenvalue weighted by molar-refractivity contribution is 0.0819. The molecule has 24 heavy (non-hydrogen) atoms. The van der Waals surface area contributed by atoms with Crippen LogP contribution in [0.2, 0.25) is 0 Å². The van der Waals surface area contributed by atoms with Gasteiger partial charge in [0.15, 0.2) is 5.43 Å². The van der Waals surface area contributed by atoms with Crippen LogP contribution in [0.25, 0.3) is 20.2 Å². The zero-order valence-electron chi connectivity index (χ0n) is 13.5. The molecule has 0 fully saturated rings. The van der Waals surface area contributed by atoms with E-state index >= 15 is 0 Å². The molecule has 6 heteroatoms. The summed E-state index contributed by atoms with van der Waals surface area (Å²) in [4.78, 5) is 39.1. The van der Waals surface area contributed by atoms with E-state index in [4.69, 9.17) is 0 Å². The molecule has 1 N–H and O–H groups in total. The highest BCUT2D eigenvalue weighted by atomic mass is 32.1. The summed E-state index contributed by atoms with van der Waals surface area (Å²) in [5.41, 5.74) is 0.410. The summed E-state index contributed by atoms with van der Waals surface area (Å²) >= 11 is 1.35. The van der Waals surface area contributed by atoms with E-state index < -0.39 is 0 Å². The van der Waals surface area contributed by atoms with Crippen LogP contribution in [-0.2, 0) is 0 Å². The van der Waals surface area contributed by atoms with E-state index in [0.717, 1.165) is 4.70 Å². The molecule has 0 bridgehead atoms. The van der Waals surface area contributed by atoms with E-state index in [1.54, 1.807) is 32.3 Å². The minimum atomic E-state index is -0.378. The number of carbonyl (C=O) groups excluding carboxylic acids is 2. The predicted octanol–water partition coefficient (Wildman–Crippen LogP) is 2.48. The number of fused-ring (bicyclic) bond motifs is 2. The minimum Gasteiger partial charge on any atom is -0.355 e. The second kappa shape index (κ2) is 6.05. The molecule has 0 aliphatic rings. The summed E-state index contributed by atoms with van der Waals surface area (Å²) in [5, 5.41) is 3.64. The second-order valence-corrected chi connectivity index (χ2v) is 6.62. The molecule has 0 unspecified atom stereocenters. The first kappa shape index (κ1) is 16.1. The van der Waals surface area contributed by atoms with Gasteiger partial charge in [0.1, 0.15) is 0 Å². The van der Waals surface area contributed by atoms with Crippen LogP contribution in [-0.4, -0.2) is 37.9 Å². The van der Waals surface area contributed by atoms with Gasteiger partial charge in [-0.05, 0) is 24.3 Å². The fourth-order valence-electron chi connectivity index (χ4n) is 2.64. The SMILES string of the molecule is CNC(=O)c1c(C(=O)N(C)C)ccc2c(=O)c3ccccc3sc12. The Bertz CT molecular complexity index is 1040. The standard InChI is InChI=1S/C18H16N2O3S/c1-19-17(22)14-11(18(23)20(2)3)8-9-12-15(21)10-6-4-5-7-13(10)24-16(12)14/h4-9H,1-3H3,(H,19,22). The fourth-order valence-corrected chi connectivity index (χ4v) is 3.85. The number of benzene rings is 2. The van der Waals surface area contributed by atoms with Gasteiger partial charge in [-0.25, -0.2) is 0 Å². The van der Waals surface area contributed by atoms with Gasteiger partial charge in [-0.15, -0.1) is 11.3 Å². The molecule has 122 valence electrons. The second-order valence-electron chi connectivity index (χ2n) is 5.57. The summed E-state index contributed by atoms with van der Waals surface area (Å²) in [6.45, 7) is 0. The summed E-state index contributed by atoms with van der Waals surface area (Å²) in [7, 11) is 4.76. The van der Waals surface area contributed by atoms with Crippen LogP contribution in [0.4, 0.5) is 0 Å². The molecule has 2 aromatic carbocycles. The molecule has 1 heterocycles. The number of nitrogens with one attached hydrogen (secondary N) is 1. The Morgan fingerprint density at radius 1 is 1.04 bits per heavy atom. The van der Waals surface area contributed by atoms with Crippen molar-refractivity contribution in [2.75, 3.05) is 21.1 Å². The number of hydrogen-bond acceptors (Lipinski definition) is 4. The maximum absolute atomic E-state index is 12.7. The molecule has 1 aromatic heterocycles. The Labute approximate surface area is 142 Å². The zero-order chi connectivity index (χ0) is 17.4. The molecule has 2 amide bonds. The molecule has 0 saturated heterocycles. The van der Waals surface area contributed by atoms with Crippen LogP contribution in [0.5, 0.6) is 0 Å². The topological polar surface area (TPSA) is 66.5 Å². The van der Waals surface area contributed by atoms with Crippen LogP contribution in [0.15, 0.2) is 41.2 Å². The summed E-state index contributed by atoms with van der Waals surface area (Å²) in [6, 6.07) is 10.5. The average molecular weight is 340 g/mol. The molecule has 3 rings (SSSR count). The van der Waals surface area contributed by atoms with E-state index in [0.29, 0.717) is 15.5 Å². The van der Waals surface area contributed by atoms with Gasteiger partial charge in [0.25, 0.3) is 11.8 Å². The molecule has 0 saturated carbocycles. The van der Waals surface area contributed by atoms with Gasteiger partial charge in [-0.2, -0.15) is 0 Å². The largest absolute Gasteiger partial charge is 0.355 e. The van der Waals surface area contributed by atoms with Gasteiger partial charge in [-0.3, -0.25) is 14.4 Å². The van der Waals surface area contributed by atoms with Crippen molar-refractivity contribution >= 4 is 43.3 Å². The smallest absolute Gasteiger partial charge is 0.254 e. The Hall–Kier alpha value is -2.73. The first-order chi connectivity index (χ1) is 11.5. The summed E-state index contributed by atoms with van der Waals surface area (Å²) < 4.78 is 1.32. The van der Waals surface area contributed by atoms with Crippen molar-refractivity contribution in [1.82, 2.24) is 10.2 Å². The van der Waals surface area contributed by atoms with Crippen molar-refractivity contribution in [2.24, 2.45) is 0 Å². The number of rotatable bonds is 2. The number of carbonyl (C=O) groups is 2. The molecule has 0 radical (unpaired) electrons. The van der Waals surface area contributed by atoms with Crippen LogP contribution >= 0.6 is 11.3 Å². The normalized spacial score (nSPS) is 10.8. The lowest BCUT2D eigenvalue weighted by Gasteiger charge is -2.15. The third-order valence-electron chi connectivity index (χ3n) is 3.84. The molecular weight excluding hydrogens is 324 g/mol. The van der Waals surface area contributed by atoms with E-state index in [2.05, 4.69) is 5.32 Å². The van der Waals surface area contributed by atoms with Crippen LogP contribution in [0.1, 0.15) is 20.7 Å². The van der Waals surface area contributed by atoms with Crippen molar-refractivity contribution in [3.05, 3.63) is 57.7 Å². The maximum Gasteiger partial charge on any atom is 0.254 e. The van der Waals surface area contributed by atoms with Gasteiger partial charge >= 0.3 is 0 Å². The molecule has 0 spiro atoms. The van der Waals surface area contributed by atoms with Gasteiger partial charge in [0.2, 0.25) is 0 Å². The summed E-state index contributed by atoms with van der Waals surface area (Å²) in [5.74, 6) is -0.653. The van der Waals surface area contributed by atoms with Gasteiger partial charge in [-0.1, -0.05) is 12.1 Å². The minimum absolute atomic E-state index is 0.131. The molecule has 3 aromatic rings. The van der Waals surface area contributed by atoms with Crippen molar-refractivity contribution in [3.8, 4) is 0 Å². The van der Waals surface area contributed by atoms with Gasteiger partial charge < -0.3 is 10.2 Å². The van der Waals surface area contributed by atoms with E-state index in [-0.39, 0.29) is 28.4 Å². The quantitative estimate of drug-likeness (QED) is 0.729. The Balaban J connectivity index is 2.49. The van der Waals surface area contributed by atoms with E-state index in [9.17, 15) is 14.4 Å². The molecule has 0 aliphatic heterocycles. The molecule has 0 atom stereocenters. The fraction of sp³-hybridized carbons (Fsp3) is 0.167. The predicted molar refractivity (Wildman–Crippen MR) is 97.0 cm³/mol. The van der Waals surface area contributed by atoms with Gasteiger partial charge in [0.05, 0.1) is 15.8 Å². The van der Waals surface area contributed by atoms with E-state index in [1.165, 1.54) is 23.3 Å². The van der Waals surface area contributed by atoms with Crippen molar-refractivity contribution in [2.45, 2.75) is 0 Å². The van der Waals surface area contributed by atoms with Crippen molar-refractivity contribution in [1.29, 1.82) is 0 Å².